The van der Waals surface area contributed by atoms with Gasteiger partial charge in [-0.05, 0) is 107 Å². The lowest BCUT2D eigenvalue weighted by molar-refractivity contribution is -0.160. The minimum absolute atomic E-state index is 0.104. The van der Waals surface area contributed by atoms with Crippen LogP contribution >= 0.6 is 0 Å². The van der Waals surface area contributed by atoms with Crippen molar-refractivity contribution in [2.45, 2.75) is 84.6 Å². The zero-order valence-corrected chi connectivity index (χ0v) is 26.4. The van der Waals surface area contributed by atoms with Gasteiger partial charge in [-0.2, -0.15) is 0 Å². The largest absolute Gasteiger partial charge is 0.492 e. The number of likely N-dealkylation sites (tertiary alicyclic amines) is 2. The van der Waals surface area contributed by atoms with Crippen molar-refractivity contribution in [3.05, 3.63) is 94.5 Å². The molecule has 3 aromatic rings. The van der Waals surface area contributed by atoms with Crippen LogP contribution in [0.15, 0.2) is 66.7 Å². The molecule has 2 aliphatic heterocycles. The molecule has 6 nitrogen and oxygen atoms in total. The standard InChI is InChI=1S/C37H48N2O4/c1-28-23-30(14-15-32(28)26-39-20-10-13-34(39)36(40)43-37(2,3)4)24-31-16-17-33(42-27-29-11-6-5-7-12-29)25-35(31)41-22-21-38-18-8-9-19-38/h5-7,11-12,14-17,23,25,34H,8-10,13,18-22,24,26-27H2,1-4H3/t34-/m0/s1. The van der Waals surface area contributed by atoms with E-state index in [2.05, 4.69) is 59.2 Å². The molecule has 1 atom stereocenters. The molecule has 6 heteroatoms. The lowest BCUT2D eigenvalue weighted by Gasteiger charge is -2.27. The zero-order valence-electron chi connectivity index (χ0n) is 26.4. The van der Waals surface area contributed by atoms with E-state index in [1.54, 1.807) is 0 Å². The van der Waals surface area contributed by atoms with Gasteiger partial charge in [0.15, 0.2) is 0 Å². The van der Waals surface area contributed by atoms with Crippen LogP contribution in [0.4, 0.5) is 0 Å². The van der Waals surface area contributed by atoms with Crippen LogP contribution in [0, 0.1) is 6.92 Å². The molecule has 2 fully saturated rings. The fraction of sp³-hybridized carbons (Fsp3) is 0.486. The van der Waals surface area contributed by atoms with Crippen LogP contribution < -0.4 is 9.47 Å². The molecule has 0 aliphatic carbocycles. The molecule has 2 aliphatic rings. The molecule has 0 bridgehead atoms. The normalized spacial score (nSPS) is 17.7. The lowest BCUT2D eigenvalue weighted by Crippen LogP contribution is -2.40. The Labute approximate surface area is 257 Å². The third-order valence-electron chi connectivity index (χ3n) is 8.37. The van der Waals surface area contributed by atoms with Crippen molar-refractivity contribution in [1.29, 1.82) is 0 Å². The number of hydrogen-bond acceptors (Lipinski definition) is 6. The van der Waals surface area contributed by atoms with Gasteiger partial charge in [0.1, 0.15) is 36.4 Å². The number of rotatable bonds is 12. The Morgan fingerprint density at radius 1 is 0.860 bits per heavy atom. The number of carbonyl (C=O) groups is 1. The highest BCUT2D eigenvalue weighted by Gasteiger charge is 2.34. The second-order valence-electron chi connectivity index (χ2n) is 13.0. The summed E-state index contributed by atoms with van der Waals surface area (Å²) in [7, 11) is 0. The molecule has 0 amide bonds. The van der Waals surface area contributed by atoms with Gasteiger partial charge in [-0.1, -0.05) is 54.6 Å². The summed E-state index contributed by atoms with van der Waals surface area (Å²) in [6.45, 7) is 14.1. The van der Waals surface area contributed by atoms with Crippen LogP contribution in [-0.4, -0.2) is 60.2 Å². The van der Waals surface area contributed by atoms with Gasteiger partial charge < -0.3 is 14.2 Å². The molecule has 0 aromatic heterocycles. The summed E-state index contributed by atoms with van der Waals surface area (Å²) in [6.07, 6.45) is 5.22. The Bertz CT molecular complexity index is 1340. The van der Waals surface area contributed by atoms with E-state index >= 15 is 0 Å². The molecule has 3 aromatic carbocycles. The highest BCUT2D eigenvalue weighted by atomic mass is 16.6. The second kappa shape index (κ2) is 14.4. The molecule has 0 radical (unpaired) electrons. The Morgan fingerprint density at radius 2 is 1.63 bits per heavy atom. The van der Waals surface area contributed by atoms with Gasteiger partial charge in [-0.25, -0.2) is 0 Å². The van der Waals surface area contributed by atoms with E-state index in [0.717, 1.165) is 74.6 Å². The van der Waals surface area contributed by atoms with E-state index in [4.69, 9.17) is 14.2 Å². The molecule has 43 heavy (non-hydrogen) atoms. The van der Waals surface area contributed by atoms with Gasteiger partial charge in [0, 0.05) is 25.6 Å². The minimum atomic E-state index is -0.466. The number of esters is 1. The Kier molecular flexibility index (Phi) is 10.4. The number of benzene rings is 3. The summed E-state index contributed by atoms with van der Waals surface area (Å²) in [5.41, 5.74) is 5.58. The predicted molar refractivity (Wildman–Crippen MR) is 172 cm³/mol. The van der Waals surface area contributed by atoms with Gasteiger partial charge >= 0.3 is 5.97 Å². The van der Waals surface area contributed by atoms with Crippen molar-refractivity contribution >= 4 is 5.97 Å². The van der Waals surface area contributed by atoms with E-state index in [0.29, 0.717) is 13.2 Å². The molecule has 230 valence electrons. The van der Waals surface area contributed by atoms with Crippen LogP contribution in [0.5, 0.6) is 11.5 Å². The van der Waals surface area contributed by atoms with Crippen molar-refractivity contribution in [2.24, 2.45) is 0 Å². The number of nitrogens with zero attached hydrogens (tertiary/aromatic N) is 2. The number of carbonyl (C=O) groups excluding carboxylic acids is 1. The summed E-state index contributed by atoms with van der Waals surface area (Å²) in [4.78, 5) is 17.6. The molecule has 0 N–H and O–H groups in total. The van der Waals surface area contributed by atoms with Gasteiger partial charge in [-0.15, -0.1) is 0 Å². The Balaban J connectivity index is 1.26. The van der Waals surface area contributed by atoms with Crippen LogP contribution in [0.25, 0.3) is 0 Å². The molecule has 2 saturated heterocycles. The maximum Gasteiger partial charge on any atom is 0.323 e. The van der Waals surface area contributed by atoms with Gasteiger partial charge in [0.05, 0.1) is 0 Å². The highest BCUT2D eigenvalue weighted by Crippen LogP contribution is 2.30. The first-order valence-electron chi connectivity index (χ1n) is 15.9. The molecule has 0 saturated carbocycles. The van der Waals surface area contributed by atoms with E-state index in [-0.39, 0.29) is 12.0 Å². The monoisotopic (exact) mass is 584 g/mol. The van der Waals surface area contributed by atoms with Crippen molar-refractivity contribution in [2.75, 3.05) is 32.8 Å². The maximum absolute atomic E-state index is 12.8. The topological polar surface area (TPSA) is 51.2 Å². The summed E-state index contributed by atoms with van der Waals surface area (Å²) in [5, 5.41) is 0. The first-order valence-corrected chi connectivity index (χ1v) is 15.9. The Morgan fingerprint density at radius 3 is 2.37 bits per heavy atom. The lowest BCUT2D eigenvalue weighted by atomic mass is 9.99. The predicted octanol–water partition coefficient (Wildman–Crippen LogP) is 6.95. The molecule has 0 unspecified atom stereocenters. The second-order valence-corrected chi connectivity index (χ2v) is 13.0. The first-order chi connectivity index (χ1) is 20.7. The summed E-state index contributed by atoms with van der Waals surface area (Å²) in [6, 6.07) is 23.0. The van der Waals surface area contributed by atoms with Crippen molar-refractivity contribution in [3.63, 3.8) is 0 Å². The highest BCUT2D eigenvalue weighted by molar-refractivity contribution is 5.76. The first kappa shape index (κ1) is 31.1. The Hall–Kier alpha value is -3.35. The van der Waals surface area contributed by atoms with Crippen LogP contribution in [0.3, 0.4) is 0 Å². The molecular weight excluding hydrogens is 536 g/mol. The van der Waals surface area contributed by atoms with Gasteiger partial charge in [-0.3, -0.25) is 14.6 Å². The van der Waals surface area contributed by atoms with Crippen molar-refractivity contribution in [3.8, 4) is 11.5 Å². The van der Waals surface area contributed by atoms with Gasteiger partial charge in [0.2, 0.25) is 0 Å². The average Bonchev–Trinajstić information content (AvgIpc) is 3.67. The molecular formula is C37H48N2O4. The van der Waals surface area contributed by atoms with Crippen LogP contribution in [0.2, 0.25) is 0 Å². The van der Waals surface area contributed by atoms with Crippen LogP contribution in [0.1, 0.15) is 74.3 Å². The van der Waals surface area contributed by atoms with E-state index in [9.17, 15) is 4.79 Å². The summed E-state index contributed by atoms with van der Waals surface area (Å²) < 4.78 is 18.3. The molecule has 5 rings (SSSR count). The molecule has 0 spiro atoms. The van der Waals surface area contributed by atoms with Crippen LogP contribution in [-0.2, 0) is 29.1 Å². The third kappa shape index (κ3) is 9.07. The third-order valence-corrected chi connectivity index (χ3v) is 8.37. The summed E-state index contributed by atoms with van der Waals surface area (Å²) >= 11 is 0. The number of aryl methyl sites for hydroxylation is 1. The fourth-order valence-electron chi connectivity index (χ4n) is 6.07. The zero-order chi connectivity index (χ0) is 30.2. The quantitative estimate of drug-likeness (QED) is 0.215. The van der Waals surface area contributed by atoms with E-state index in [1.165, 1.54) is 29.5 Å². The minimum Gasteiger partial charge on any atom is -0.492 e. The SMILES string of the molecule is Cc1cc(Cc2ccc(OCc3ccccc3)cc2OCCN2CCCC2)ccc1CN1CCC[C@H]1C(=O)OC(C)(C)C. The maximum atomic E-state index is 12.8. The smallest absolute Gasteiger partial charge is 0.323 e. The van der Waals surface area contributed by atoms with E-state index < -0.39 is 5.60 Å². The fourth-order valence-corrected chi connectivity index (χ4v) is 6.07. The van der Waals surface area contributed by atoms with Gasteiger partial charge in [0.25, 0.3) is 0 Å². The van der Waals surface area contributed by atoms with E-state index in [1.807, 2.05) is 45.0 Å². The number of hydrogen-bond donors (Lipinski definition) is 0. The van der Waals surface area contributed by atoms with Crippen molar-refractivity contribution in [1.82, 2.24) is 9.80 Å². The van der Waals surface area contributed by atoms with Crippen molar-refractivity contribution < 1.29 is 19.0 Å². The summed E-state index contributed by atoms with van der Waals surface area (Å²) in [5.74, 6) is 1.61. The average molecular weight is 585 g/mol. The number of ether oxygens (including phenoxy) is 3. The molecule has 2 heterocycles.